The number of piperidine rings is 1. The lowest BCUT2D eigenvalue weighted by molar-refractivity contribution is -0.0312. The quantitative estimate of drug-likeness (QED) is 0.311. The van der Waals surface area contributed by atoms with Gasteiger partial charge in [0.1, 0.15) is 36.6 Å². The van der Waals surface area contributed by atoms with Crippen LogP contribution in [-0.2, 0) is 24.6 Å². The van der Waals surface area contributed by atoms with Crippen LogP contribution in [0.15, 0.2) is 46.3 Å². The number of hydrogen-bond donors (Lipinski definition) is 3. The number of aliphatic hydroxyl groups is 2. The summed E-state index contributed by atoms with van der Waals surface area (Å²) in [6.45, 7) is 1.58. The molecule has 4 aliphatic rings. The molecule has 1 aromatic carbocycles. The summed E-state index contributed by atoms with van der Waals surface area (Å²) in [6, 6.07) is 7.57. The van der Waals surface area contributed by atoms with Crippen molar-refractivity contribution in [2.24, 2.45) is 0 Å². The first-order valence-electron chi connectivity index (χ1n) is 14.5. The molecule has 1 saturated carbocycles. The second-order valence-electron chi connectivity index (χ2n) is 11.7. The summed E-state index contributed by atoms with van der Waals surface area (Å²) in [6.07, 6.45) is 3.10. The van der Waals surface area contributed by atoms with Gasteiger partial charge in [0.05, 0.1) is 34.7 Å². The van der Waals surface area contributed by atoms with Gasteiger partial charge in [-0.25, -0.2) is 21.8 Å². The lowest BCUT2D eigenvalue weighted by Crippen LogP contribution is -2.47. The largest absolute Gasteiger partial charge is 0.491 e. The third-order valence-corrected chi connectivity index (χ3v) is 13.1. The van der Waals surface area contributed by atoms with Gasteiger partial charge in [0.15, 0.2) is 15.6 Å². The van der Waals surface area contributed by atoms with Gasteiger partial charge < -0.3 is 34.5 Å². The third kappa shape index (κ3) is 6.08. The van der Waals surface area contributed by atoms with Crippen molar-refractivity contribution in [3.8, 4) is 17.4 Å². The molecule has 1 aromatic heterocycles. The van der Waals surface area contributed by atoms with Gasteiger partial charge in [-0.1, -0.05) is 6.07 Å². The molecule has 0 radical (unpaired) electrons. The van der Waals surface area contributed by atoms with Crippen molar-refractivity contribution >= 4 is 19.9 Å². The maximum atomic E-state index is 13.3. The van der Waals surface area contributed by atoms with Gasteiger partial charge in [-0.05, 0) is 50.3 Å². The van der Waals surface area contributed by atoms with Crippen LogP contribution in [0.25, 0.3) is 0 Å². The number of nitrogens with zero attached hydrogens (tertiary/aromatic N) is 2. The highest BCUT2D eigenvalue weighted by Gasteiger charge is 2.54. The van der Waals surface area contributed by atoms with E-state index in [1.807, 2.05) is 0 Å². The first kappa shape index (κ1) is 30.5. The van der Waals surface area contributed by atoms with Gasteiger partial charge in [0.25, 0.3) is 5.88 Å². The number of rotatable bonds is 11. The van der Waals surface area contributed by atoms with Gasteiger partial charge in [-0.15, -0.1) is 0 Å². The average molecular weight is 640 g/mol. The molecule has 3 N–H and O–H groups in total. The molecule has 3 aliphatic heterocycles. The first-order chi connectivity index (χ1) is 20.6. The van der Waals surface area contributed by atoms with Crippen LogP contribution in [0.5, 0.6) is 17.4 Å². The van der Waals surface area contributed by atoms with Crippen LogP contribution in [-0.4, -0.2) is 112 Å². The summed E-state index contributed by atoms with van der Waals surface area (Å²) in [4.78, 5) is 4.27. The molecule has 1 spiro atoms. The highest BCUT2D eigenvalue weighted by molar-refractivity contribution is 7.93. The van der Waals surface area contributed by atoms with Gasteiger partial charge in [-0.3, -0.25) is 0 Å². The molecule has 6 rings (SSSR count). The molecule has 4 heterocycles. The molecule has 0 amide bonds. The highest BCUT2D eigenvalue weighted by Crippen LogP contribution is 2.46. The molecule has 3 fully saturated rings. The minimum absolute atomic E-state index is 0.0125. The molecule has 43 heavy (non-hydrogen) atoms. The Bertz CT molecular complexity index is 1540. The maximum Gasteiger partial charge on any atom is 0.257 e. The second kappa shape index (κ2) is 11.8. The SMILES string of the molecule is O=S(=O)(c1cnc2c(c1)OCCO2)N1CCC2(CC1)CC(NCC(O)COc1cccc(S(=O)(=O)C3(CO)CC3)c1)CO2. The molecule has 2 saturated heterocycles. The van der Waals surface area contributed by atoms with Crippen molar-refractivity contribution < 1.29 is 46.0 Å². The molecule has 2 aromatic rings. The zero-order chi connectivity index (χ0) is 30.3. The normalized spacial score (nSPS) is 23.6. The number of hydrogen-bond acceptors (Lipinski definition) is 12. The van der Waals surface area contributed by atoms with E-state index in [1.165, 1.54) is 28.7 Å². The Morgan fingerprint density at radius 1 is 1.07 bits per heavy atom. The number of sulfonamides is 1. The predicted molar refractivity (Wildman–Crippen MR) is 152 cm³/mol. The Morgan fingerprint density at radius 3 is 2.58 bits per heavy atom. The molecule has 13 nitrogen and oxygen atoms in total. The minimum Gasteiger partial charge on any atom is -0.491 e. The van der Waals surface area contributed by atoms with Crippen molar-refractivity contribution in [2.75, 3.05) is 52.7 Å². The summed E-state index contributed by atoms with van der Waals surface area (Å²) in [5.74, 6) is 0.945. The van der Waals surface area contributed by atoms with E-state index in [0.29, 0.717) is 82.4 Å². The van der Waals surface area contributed by atoms with E-state index in [4.69, 9.17) is 18.9 Å². The number of nitrogens with one attached hydrogen (secondary N) is 1. The fourth-order valence-corrected chi connectivity index (χ4v) is 9.09. The van der Waals surface area contributed by atoms with E-state index in [-0.39, 0.29) is 29.0 Å². The van der Waals surface area contributed by atoms with E-state index in [0.717, 1.165) is 0 Å². The highest BCUT2D eigenvalue weighted by atomic mass is 32.2. The third-order valence-electron chi connectivity index (χ3n) is 8.72. The summed E-state index contributed by atoms with van der Waals surface area (Å²) < 4.78 is 75.3. The van der Waals surface area contributed by atoms with Crippen molar-refractivity contribution in [1.29, 1.82) is 0 Å². The predicted octanol–water partition coefficient (Wildman–Crippen LogP) is 0.493. The van der Waals surface area contributed by atoms with E-state index in [1.54, 1.807) is 12.1 Å². The summed E-state index contributed by atoms with van der Waals surface area (Å²) in [5.41, 5.74) is -0.435. The van der Waals surface area contributed by atoms with Gasteiger partial charge in [0.2, 0.25) is 10.0 Å². The zero-order valence-corrected chi connectivity index (χ0v) is 25.3. The van der Waals surface area contributed by atoms with Crippen molar-refractivity contribution in [3.63, 3.8) is 0 Å². The molecule has 1 aliphatic carbocycles. The number of aliphatic hydroxyl groups excluding tert-OH is 2. The van der Waals surface area contributed by atoms with Gasteiger partial charge >= 0.3 is 0 Å². The van der Waals surface area contributed by atoms with Crippen LogP contribution < -0.4 is 19.5 Å². The number of aromatic nitrogens is 1. The maximum absolute atomic E-state index is 13.3. The minimum atomic E-state index is -3.75. The van der Waals surface area contributed by atoms with E-state index < -0.39 is 42.9 Å². The molecule has 2 atom stereocenters. The van der Waals surface area contributed by atoms with E-state index in [9.17, 15) is 27.0 Å². The van der Waals surface area contributed by atoms with Crippen molar-refractivity contribution in [2.45, 2.75) is 64.4 Å². The fraction of sp³-hybridized carbons (Fsp3) is 0.607. The van der Waals surface area contributed by atoms with E-state index >= 15 is 0 Å². The molecular formula is C28H37N3O10S2. The Kier molecular flexibility index (Phi) is 8.34. The Hall–Kier alpha value is -2.53. The lowest BCUT2D eigenvalue weighted by Gasteiger charge is -2.38. The molecular weight excluding hydrogens is 602 g/mol. The van der Waals surface area contributed by atoms with Crippen molar-refractivity contribution in [3.05, 3.63) is 36.5 Å². The summed E-state index contributed by atoms with van der Waals surface area (Å²) >= 11 is 0. The average Bonchev–Trinajstić information content (AvgIpc) is 3.75. The Morgan fingerprint density at radius 2 is 1.84 bits per heavy atom. The zero-order valence-electron chi connectivity index (χ0n) is 23.7. The van der Waals surface area contributed by atoms with Crippen molar-refractivity contribution in [1.82, 2.24) is 14.6 Å². The topological polar surface area (TPSA) is 174 Å². The van der Waals surface area contributed by atoms with Crippen LogP contribution in [0.3, 0.4) is 0 Å². The molecule has 236 valence electrons. The van der Waals surface area contributed by atoms with Crippen LogP contribution >= 0.6 is 0 Å². The Labute approximate surface area is 251 Å². The van der Waals surface area contributed by atoms with Gasteiger partial charge in [0, 0.05) is 31.7 Å². The van der Waals surface area contributed by atoms with Crippen LogP contribution in [0, 0.1) is 0 Å². The van der Waals surface area contributed by atoms with Crippen LogP contribution in [0.4, 0.5) is 0 Å². The summed E-state index contributed by atoms with van der Waals surface area (Å²) in [5, 5.41) is 23.4. The number of sulfone groups is 1. The molecule has 15 heteroatoms. The standard InChI is InChI=1S/C28H37N3O10S2/c32-19-28(4-5-28)42(34,35)23-3-1-2-22(12-23)40-18-21(33)15-29-20-14-27(41-17-20)6-8-31(9-7-27)43(36,37)24-13-25-26(30-16-24)39-11-10-38-25/h1-3,12-13,16,20-21,29,32-33H,4-11,14-15,17-19H2. The number of ether oxygens (including phenoxy) is 4. The number of fused-ring (bicyclic) bond motifs is 1. The molecule has 2 unspecified atom stereocenters. The molecule has 0 bridgehead atoms. The van der Waals surface area contributed by atoms with Crippen LogP contribution in [0.1, 0.15) is 32.1 Å². The monoisotopic (exact) mass is 639 g/mol. The summed E-state index contributed by atoms with van der Waals surface area (Å²) in [7, 11) is -7.42. The number of pyridine rings is 1. The lowest BCUT2D eigenvalue weighted by atomic mass is 9.88. The van der Waals surface area contributed by atoms with Gasteiger partial charge in [-0.2, -0.15) is 4.31 Å². The van der Waals surface area contributed by atoms with Crippen LogP contribution in [0.2, 0.25) is 0 Å². The Balaban J connectivity index is 0.963. The smallest absolute Gasteiger partial charge is 0.257 e. The fourth-order valence-electron chi connectivity index (χ4n) is 5.85. The first-order valence-corrected chi connectivity index (χ1v) is 17.4. The number of benzene rings is 1. The second-order valence-corrected chi connectivity index (χ2v) is 15.9. The van der Waals surface area contributed by atoms with E-state index in [2.05, 4.69) is 10.3 Å².